The molecule has 2 atom stereocenters. The van der Waals surface area contributed by atoms with Crippen LogP contribution in [0.5, 0.6) is 0 Å². The Kier molecular flexibility index (Phi) is 4.33. The molecule has 0 bridgehead atoms. The third-order valence-corrected chi connectivity index (χ3v) is 3.53. The van der Waals surface area contributed by atoms with Crippen molar-refractivity contribution in [2.45, 2.75) is 38.8 Å². The molecular formula is C16H23NO3. The fourth-order valence-electron chi connectivity index (χ4n) is 2.68. The number of benzene rings is 1. The van der Waals surface area contributed by atoms with Gasteiger partial charge in [-0.1, -0.05) is 30.3 Å². The topological polar surface area (TPSA) is 49.8 Å². The summed E-state index contributed by atoms with van der Waals surface area (Å²) in [5.41, 5.74) is 0.546. The standard InChI is InChI=1S/C16H23NO3/c1-16(2,3)20-15(19)17-10-9-13(11-18)14(17)12-7-5-4-6-8-12/h4-8,13-14,18H,9-11H2,1-3H3/t13-,14+/m1/s1. The van der Waals surface area contributed by atoms with E-state index in [-0.39, 0.29) is 24.7 Å². The average molecular weight is 277 g/mol. The van der Waals surface area contributed by atoms with Crippen LogP contribution in [0.15, 0.2) is 30.3 Å². The Hall–Kier alpha value is -1.55. The number of hydrogen-bond donors (Lipinski definition) is 1. The van der Waals surface area contributed by atoms with Crippen LogP contribution in [0, 0.1) is 5.92 Å². The maximum absolute atomic E-state index is 12.3. The van der Waals surface area contributed by atoms with E-state index in [0.717, 1.165) is 12.0 Å². The second-order valence-corrected chi connectivity index (χ2v) is 6.26. The van der Waals surface area contributed by atoms with Gasteiger partial charge in [0, 0.05) is 19.1 Å². The van der Waals surface area contributed by atoms with Gasteiger partial charge >= 0.3 is 6.09 Å². The number of aliphatic hydroxyl groups is 1. The Morgan fingerprint density at radius 2 is 2.00 bits per heavy atom. The molecule has 1 N–H and O–H groups in total. The zero-order valence-corrected chi connectivity index (χ0v) is 12.4. The van der Waals surface area contributed by atoms with Gasteiger partial charge in [0.05, 0.1) is 6.04 Å². The van der Waals surface area contributed by atoms with Gasteiger partial charge in [-0.05, 0) is 32.8 Å². The summed E-state index contributed by atoms with van der Waals surface area (Å²) < 4.78 is 5.47. The minimum atomic E-state index is -0.504. The Morgan fingerprint density at radius 1 is 1.35 bits per heavy atom. The van der Waals surface area contributed by atoms with Crippen molar-refractivity contribution in [3.63, 3.8) is 0 Å². The molecule has 0 aromatic heterocycles. The summed E-state index contributed by atoms with van der Waals surface area (Å²) in [6, 6.07) is 9.75. The fraction of sp³-hybridized carbons (Fsp3) is 0.562. The number of rotatable bonds is 2. The predicted octanol–water partition coefficient (Wildman–Crippen LogP) is 2.98. The zero-order chi connectivity index (χ0) is 14.8. The first-order valence-corrected chi connectivity index (χ1v) is 7.08. The van der Waals surface area contributed by atoms with E-state index in [0.29, 0.717) is 6.54 Å². The number of aliphatic hydroxyl groups excluding tert-OH is 1. The summed E-state index contributed by atoms with van der Waals surface area (Å²) in [4.78, 5) is 14.1. The molecule has 1 aromatic carbocycles. The highest BCUT2D eigenvalue weighted by Crippen LogP contribution is 2.37. The number of carbonyl (C=O) groups excluding carboxylic acids is 1. The quantitative estimate of drug-likeness (QED) is 0.904. The van der Waals surface area contributed by atoms with Gasteiger partial charge in [-0.15, -0.1) is 0 Å². The Morgan fingerprint density at radius 3 is 2.55 bits per heavy atom. The van der Waals surface area contributed by atoms with Crippen LogP contribution in [0.25, 0.3) is 0 Å². The van der Waals surface area contributed by atoms with Crippen molar-refractivity contribution >= 4 is 6.09 Å². The first-order chi connectivity index (χ1) is 9.42. The number of likely N-dealkylation sites (tertiary alicyclic amines) is 1. The van der Waals surface area contributed by atoms with Crippen molar-refractivity contribution in [1.82, 2.24) is 4.90 Å². The normalized spacial score (nSPS) is 22.9. The summed E-state index contributed by atoms with van der Waals surface area (Å²) in [5.74, 6) is 0.0740. The fourth-order valence-corrected chi connectivity index (χ4v) is 2.68. The minimum absolute atomic E-state index is 0.0740. The summed E-state index contributed by atoms with van der Waals surface area (Å²) >= 11 is 0. The molecule has 1 saturated heterocycles. The van der Waals surface area contributed by atoms with Crippen molar-refractivity contribution in [2.75, 3.05) is 13.2 Å². The van der Waals surface area contributed by atoms with Gasteiger partial charge in [-0.2, -0.15) is 0 Å². The maximum atomic E-state index is 12.3. The highest BCUT2D eigenvalue weighted by molar-refractivity contribution is 5.69. The number of ether oxygens (including phenoxy) is 1. The molecule has 1 heterocycles. The second kappa shape index (κ2) is 5.83. The van der Waals surface area contributed by atoms with Crippen LogP contribution in [-0.4, -0.2) is 34.9 Å². The van der Waals surface area contributed by atoms with Crippen LogP contribution in [0.2, 0.25) is 0 Å². The molecule has 2 rings (SSSR count). The number of hydrogen-bond acceptors (Lipinski definition) is 3. The monoisotopic (exact) mass is 277 g/mol. The molecule has 4 heteroatoms. The van der Waals surface area contributed by atoms with E-state index in [1.165, 1.54) is 0 Å². The van der Waals surface area contributed by atoms with Crippen molar-refractivity contribution in [1.29, 1.82) is 0 Å². The number of carbonyl (C=O) groups is 1. The van der Waals surface area contributed by atoms with Gasteiger partial charge < -0.3 is 14.7 Å². The van der Waals surface area contributed by atoms with Crippen molar-refractivity contribution in [3.8, 4) is 0 Å². The lowest BCUT2D eigenvalue weighted by Gasteiger charge is -2.30. The van der Waals surface area contributed by atoms with E-state index in [1.807, 2.05) is 51.1 Å². The van der Waals surface area contributed by atoms with Crippen molar-refractivity contribution in [3.05, 3.63) is 35.9 Å². The number of amides is 1. The van der Waals surface area contributed by atoms with Crippen LogP contribution < -0.4 is 0 Å². The third-order valence-electron chi connectivity index (χ3n) is 3.53. The summed E-state index contributed by atoms with van der Waals surface area (Å²) in [6.07, 6.45) is 0.497. The molecular weight excluding hydrogens is 254 g/mol. The van der Waals surface area contributed by atoms with Gasteiger partial charge in [-0.3, -0.25) is 0 Å². The lowest BCUT2D eigenvalue weighted by atomic mass is 9.94. The first-order valence-electron chi connectivity index (χ1n) is 7.08. The largest absolute Gasteiger partial charge is 0.444 e. The van der Waals surface area contributed by atoms with Gasteiger partial charge in [0.2, 0.25) is 0 Å². The summed E-state index contributed by atoms with van der Waals surface area (Å²) in [7, 11) is 0. The smallest absolute Gasteiger partial charge is 0.410 e. The van der Waals surface area contributed by atoms with E-state index in [1.54, 1.807) is 4.90 Å². The Bertz CT molecular complexity index is 453. The van der Waals surface area contributed by atoms with Gasteiger partial charge in [-0.25, -0.2) is 4.79 Å². The van der Waals surface area contributed by atoms with Crippen LogP contribution in [0.3, 0.4) is 0 Å². The predicted molar refractivity (Wildman–Crippen MR) is 77.3 cm³/mol. The maximum Gasteiger partial charge on any atom is 0.410 e. The van der Waals surface area contributed by atoms with Crippen LogP contribution in [0.1, 0.15) is 38.8 Å². The molecule has 1 aliphatic heterocycles. The van der Waals surface area contributed by atoms with Crippen LogP contribution in [-0.2, 0) is 4.74 Å². The second-order valence-electron chi connectivity index (χ2n) is 6.26. The lowest BCUT2D eigenvalue weighted by molar-refractivity contribution is 0.0192. The average Bonchev–Trinajstić information content (AvgIpc) is 2.81. The van der Waals surface area contributed by atoms with Crippen LogP contribution >= 0.6 is 0 Å². The number of nitrogens with zero attached hydrogens (tertiary/aromatic N) is 1. The molecule has 1 aliphatic rings. The summed E-state index contributed by atoms with van der Waals surface area (Å²) in [5, 5.41) is 9.55. The van der Waals surface area contributed by atoms with Gasteiger partial charge in [0.1, 0.15) is 5.60 Å². The molecule has 1 amide bonds. The van der Waals surface area contributed by atoms with Gasteiger partial charge in [0.25, 0.3) is 0 Å². The highest BCUT2D eigenvalue weighted by Gasteiger charge is 2.39. The van der Waals surface area contributed by atoms with Gasteiger partial charge in [0.15, 0.2) is 0 Å². The molecule has 1 aromatic rings. The molecule has 1 fully saturated rings. The van der Waals surface area contributed by atoms with Crippen molar-refractivity contribution in [2.24, 2.45) is 5.92 Å². The third kappa shape index (κ3) is 3.31. The molecule has 0 radical (unpaired) electrons. The van der Waals surface area contributed by atoms with E-state index in [9.17, 15) is 9.90 Å². The zero-order valence-electron chi connectivity index (χ0n) is 12.4. The minimum Gasteiger partial charge on any atom is -0.444 e. The van der Waals surface area contributed by atoms with E-state index in [4.69, 9.17) is 4.74 Å². The molecule has 4 nitrogen and oxygen atoms in total. The molecule has 0 aliphatic carbocycles. The molecule has 0 spiro atoms. The molecule has 110 valence electrons. The van der Waals surface area contributed by atoms with E-state index < -0.39 is 5.60 Å². The first kappa shape index (κ1) is 14.9. The Balaban J connectivity index is 2.22. The molecule has 20 heavy (non-hydrogen) atoms. The van der Waals surface area contributed by atoms with E-state index in [2.05, 4.69) is 0 Å². The highest BCUT2D eigenvalue weighted by atomic mass is 16.6. The SMILES string of the molecule is CC(C)(C)OC(=O)N1CC[C@H](CO)[C@@H]1c1ccccc1. The van der Waals surface area contributed by atoms with Crippen molar-refractivity contribution < 1.29 is 14.6 Å². The van der Waals surface area contributed by atoms with Crippen LogP contribution in [0.4, 0.5) is 4.79 Å². The Labute approximate surface area is 120 Å². The van der Waals surface area contributed by atoms with E-state index >= 15 is 0 Å². The lowest BCUT2D eigenvalue weighted by Crippen LogP contribution is -2.37. The summed E-state index contributed by atoms with van der Waals surface area (Å²) in [6.45, 7) is 6.30. The molecule has 0 unspecified atom stereocenters. The molecule has 0 saturated carbocycles.